The maximum Gasteiger partial charge on any atom is 0.253 e. The zero-order chi connectivity index (χ0) is 26.3. The molecular weight excluding hydrogens is 520 g/mol. The highest BCUT2D eigenvalue weighted by atomic mass is 35.5. The number of furan rings is 1. The third-order valence-electron chi connectivity index (χ3n) is 6.58. The Hall–Kier alpha value is -3.33. The largest absolute Gasteiger partial charge is 0.478 e. The van der Waals surface area contributed by atoms with Crippen LogP contribution in [0, 0.1) is 5.82 Å². The minimum Gasteiger partial charge on any atom is -0.478 e. The Balaban J connectivity index is 1.43. The molecule has 3 heterocycles. The Morgan fingerprint density at radius 1 is 1.22 bits per heavy atom. The van der Waals surface area contributed by atoms with Crippen LogP contribution in [0.15, 0.2) is 53.3 Å². The highest BCUT2D eigenvalue weighted by molar-refractivity contribution is 6.36. The van der Waals surface area contributed by atoms with Gasteiger partial charge < -0.3 is 24.9 Å². The van der Waals surface area contributed by atoms with Crippen LogP contribution in [0.5, 0.6) is 5.75 Å². The van der Waals surface area contributed by atoms with Crippen molar-refractivity contribution < 1.29 is 23.4 Å². The lowest BCUT2D eigenvalue weighted by Gasteiger charge is -2.29. The van der Waals surface area contributed by atoms with Gasteiger partial charge in [0.2, 0.25) is 5.75 Å². The summed E-state index contributed by atoms with van der Waals surface area (Å²) in [5, 5.41) is 10.5. The van der Waals surface area contributed by atoms with E-state index in [1.807, 2.05) is 12.1 Å². The third kappa shape index (κ3) is 4.84. The number of aromatic nitrogens is 1. The predicted octanol–water partition coefficient (Wildman–Crippen LogP) is 6.26. The molecule has 0 bridgehead atoms. The van der Waals surface area contributed by atoms with Crippen molar-refractivity contribution in [3.8, 4) is 16.9 Å². The van der Waals surface area contributed by atoms with E-state index in [-0.39, 0.29) is 39.2 Å². The highest BCUT2D eigenvalue weighted by Gasteiger charge is 2.24. The summed E-state index contributed by atoms with van der Waals surface area (Å²) in [4.78, 5) is 18.8. The molecule has 10 heteroatoms. The smallest absolute Gasteiger partial charge is 0.253 e. The quantitative estimate of drug-likeness (QED) is 0.288. The van der Waals surface area contributed by atoms with Crippen molar-refractivity contribution in [3.63, 3.8) is 0 Å². The van der Waals surface area contributed by atoms with Crippen LogP contribution in [0.3, 0.4) is 0 Å². The topological polar surface area (TPSA) is 102 Å². The Labute approximate surface area is 222 Å². The summed E-state index contributed by atoms with van der Waals surface area (Å²) < 4.78 is 25.9. The summed E-state index contributed by atoms with van der Waals surface area (Å²) in [6.45, 7) is 2.75. The zero-order valence-corrected chi connectivity index (χ0v) is 21.4. The first-order valence-corrected chi connectivity index (χ1v) is 12.5. The SMILES string of the molecule is CC(Oc1c(N)ncc2c(-c3ccc(C(=O)N4CCC(O)CC4)cc3)coc12)c1c(Cl)ccc(F)c1Cl. The van der Waals surface area contributed by atoms with E-state index in [1.165, 1.54) is 12.1 Å². The van der Waals surface area contributed by atoms with Crippen molar-refractivity contribution in [2.45, 2.75) is 32.0 Å². The molecule has 37 heavy (non-hydrogen) atoms. The number of pyridine rings is 1. The number of hydrogen-bond donors (Lipinski definition) is 2. The maximum absolute atomic E-state index is 14.0. The summed E-state index contributed by atoms with van der Waals surface area (Å²) in [5.41, 5.74) is 8.87. The lowest BCUT2D eigenvalue weighted by Crippen LogP contribution is -2.40. The summed E-state index contributed by atoms with van der Waals surface area (Å²) in [7, 11) is 0. The number of rotatable bonds is 5. The standard InChI is InChI=1S/C27H24Cl2FN3O4/c1-14(22-20(28)6-7-21(30)23(22)29)37-25-24-18(12-32-26(25)31)19(13-36-24)15-2-4-16(5-3-15)27(35)33-10-8-17(34)9-11-33/h2-7,12-14,17,34H,8-11H2,1H3,(H2,31,32). The number of carbonyl (C=O) groups excluding carboxylic acids is 1. The van der Waals surface area contributed by atoms with Crippen LogP contribution in [0.1, 0.15) is 41.8 Å². The van der Waals surface area contributed by atoms with Crippen LogP contribution >= 0.6 is 23.2 Å². The Morgan fingerprint density at radius 3 is 2.62 bits per heavy atom. The van der Waals surface area contributed by atoms with E-state index in [0.717, 1.165) is 11.1 Å². The molecule has 1 fully saturated rings. The van der Waals surface area contributed by atoms with Crippen LogP contribution in [0.2, 0.25) is 10.0 Å². The predicted molar refractivity (Wildman–Crippen MR) is 140 cm³/mol. The van der Waals surface area contributed by atoms with Gasteiger partial charge in [-0.1, -0.05) is 35.3 Å². The van der Waals surface area contributed by atoms with Crippen molar-refractivity contribution in [3.05, 3.63) is 75.8 Å². The van der Waals surface area contributed by atoms with Gasteiger partial charge in [0.05, 0.1) is 22.8 Å². The van der Waals surface area contributed by atoms with Crippen molar-refractivity contribution >= 4 is 45.9 Å². The Kier molecular flexibility index (Phi) is 6.98. The monoisotopic (exact) mass is 543 g/mol. The fraction of sp³-hybridized carbons (Fsp3) is 0.259. The van der Waals surface area contributed by atoms with Crippen LogP contribution in [0.25, 0.3) is 22.1 Å². The number of aliphatic hydroxyl groups excluding tert-OH is 1. The van der Waals surface area contributed by atoms with Gasteiger partial charge in [0, 0.05) is 41.0 Å². The fourth-order valence-electron chi connectivity index (χ4n) is 4.51. The Bertz CT molecular complexity index is 1470. The average Bonchev–Trinajstić information content (AvgIpc) is 3.33. The highest BCUT2D eigenvalue weighted by Crippen LogP contribution is 2.41. The van der Waals surface area contributed by atoms with Gasteiger partial charge in [-0.2, -0.15) is 0 Å². The number of halogens is 3. The molecule has 0 spiro atoms. The molecule has 0 aliphatic carbocycles. The first kappa shape index (κ1) is 25.3. The normalized spacial score (nSPS) is 15.2. The minimum absolute atomic E-state index is 0.0655. The number of benzene rings is 2. The maximum atomic E-state index is 14.0. The second-order valence-corrected chi connectivity index (χ2v) is 9.77. The molecule has 3 N–H and O–H groups in total. The summed E-state index contributed by atoms with van der Waals surface area (Å²) >= 11 is 12.4. The van der Waals surface area contributed by atoms with Crippen molar-refractivity contribution in [2.24, 2.45) is 0 Å². The minimum atomic E-state index is -0.750. The molecule has 1 amide bonds. The first-order chi connectivity index (χ1) is 17.7. The number of likely N-dealkylation sites (tertiary alicyclic amines) is 1. The lowest BCUT2D eigenvalue weighted by atomic mass is 10.0. The number of hydrogen-bond acceptors (Lipinski definition) is 6. The number of nitrogens with two attached hydrogens (primary N) is 1. The van der Waals surface area contributed by atoms with Crippen LogP contribution in [0.4, 0.5) is 10.2 Å². The number of amides is 1. The number of ether oxygens (including phenoxy) is 1. The van der Waals surface area contributed by atoms with E-state index in [0.29, 0.717) is 42.5 Å². The molecule has 0 saturated carbocycles. The van der Waals surface area contributed by atoms with Gasteiger partial charge >= 0.3 is 0 Å². The molecule has 0 radical (unpaired) electrons. The van der Waals surface area contributed by atoms with Crippen molar-refractivity contribution in [2.75, 3.05) is 18.8 Å². The number of nitrogen functional groups attached to an aromatic ring is 1. The van der Waals surface area contributed by atoms with E-state index >= 15 is 0 Å². The van der Waals surface area contributed by atoms with Gasteiger partial charge in [0.1, 0.15) is 11.9 Å². The fourth-order valence-corrected chi connectivity index (χ4v) is 5.19. The Morgan fingerprint density at radius 2 is 1.92 bits per heavy atom. The molecule has 2 aromatic heterocycles. The molecule has 1 aliphatic heterocycles. The second kappa shape index (κ2) is 10.2. The van der Waals surface area contributed by atoms with Crippen LogP contribution < -0.4 is 10.5 Å². The number of nitrogens with zero attached hydrogens (tertiary/aromatic N) is 2. The van der Waals surface area contributed by atoms with E-state index in [1.54, 1.807) is 36.4 Å². The molecule has 1 aliphatic rings. The number of carbonyl (C=O) groups is 1. The number of anilines is 1. The van der Waals surface area contributed by atoms with Gasteiger partial charge in [-0.05, 0) is 49.6 Å². The summed E-state index contributed by atoms with van der Waals surface area (Å²) in [6, 6.07) is 9.80. The van der Waals surface area contributed by atoms with Crippen LogP contribution in [-0.2, 0) is 0 Å². The van der Waals surface area contributed by atoms with Gasteiger partial charge in [-0.3, -0.25) is 4.79 Å². The molecule has 1 saturated heterocycles. The third-order valence-corrected chi connectivity index (χ3v) is 7.29. The number of aliphatic hydroxyl groups is 1. The number of fused-ring (bicyclic) bond motifs is 1. The summed E-state index contributed by atoms with van der Waals surface area (Å²) in [5.74, 6) is -0.395. The first-order valence-electron chi connectivity index (χ1n) is 11.8. The molecular formula is C27H24Cl2FN3O4. The molecule has 7 nitrogen and oxygen atoms in total. The van der Waals surface area contributed by atoms with E-state index < -0.39 is 11.9 Å². The lowest BCUT2D eigenvalue weighted by molar-refractivity contribution is 0.0546. The van der Waals surface area contributed by atoms with Crippen LogP contribution in [-0.4, -0.2) is 40.1 Å². The van der Waals surface area contributed by atoms with E-state index in [9.17, 15) is 14.3 Å². The van der Waals surface area contributed by atoms with Gasteiger partial charge in [-0.25, -0.2) is 9.37 Å². The average molecular weight is 544 g/mol. The van der Waals surface area contributed by atoms with Gasteiger partial charge in [-0.15, -0.1) is 0 Å². The van der Waals surface area contributed by atoms with Crippen molar-refractivity contribution in [1.29, 1.82) is 0 Å². The molecule has 1 atom stereocenters. The molecule has 192 valence electrons. The summed E-state index contributed by atoms with van der Waals surface area (Å²) in [6.07, 6.45) is 3.22. The van der Waals surface area contributed by atoms with Crippen molar-refractivity contribution in [1.82, 2.24) is 9.88 Å². The van der Waals surface area contributed by atoms with E-state index in [4.69, 9.17) is 38.1 Å². The molecule has 1 unspecified atom stereocenters. The molecule has 2 aromatic carbocycles. The van der Waals surface area contributed by atoms with Gasteiger partial charge in [0.25, 0.3) is 5.91 Å². The number of piperidine rings is 1. The second-order valence-electron chi connectivity index (χ2n) is 8.98. The van der Waals surface area contributed by atoms with E-state index in [2.05, 4.69) is 4.98 Å². The van der Waals surface area contributed by atoms with Gasteiger partial charge in [0.15, 0.2) is 11.4 Å². The molecule has 5 rings (SSSR count). The zero-order valence-electron chi connectivity index (χ0n) is 19.9. The molecule has 4 aromatic rings.